The number of amides is 1. The lowest BCUT2D eigenvalue weighted by Gasteiger charge is -2.13. The normalized spacial score (nSPS) is 12.7. The van der Waals surface area contributed by atoms with Gasteiger partial charge in [0.2, 0.25) is 0 Å². The molecular formula is C23H23BN6O3. The van der Waals surface area contributed by atoms with Crippen molar-refractivity contribution in [3.8, 4) is 11.5 Å². The van der Waals surface area contributed by atoms with E-state index < -0.39 is 13.0 Å². The number of hydrogen-bond acceptors (Lipinski definition) is 7. The van der Waals surface area contributed by atoms with Crippen LogP contribution in [0, 0.1) is 6.92 Å². The predicted octanol–water partition coefficient (Wildman–Crippen LogP) is 0.699. The number of fused-ring (bicyclic) bond motifs is 2. The van der Waals surface area contributed by atoms with Gasteiger partial charge < -0.3 is 30.8 Å². The molecule has 1 aliphatic rings. The van der Waals surface area contributed by atoms with E-state index in [1.165, 1.54) is 0 Å². The van der Waals surface area contributed by atoms with Crippen molar-refractivity contribution in [3.63, 3.8) is 0 Å². The van der Waals surface area contributed by atoms with E-state index in [0.717, 1.165) is 33.9 Å². The van der Waals surface area contributed by atoms with Crippen molar-refractivity contribution in [2.24, 2.45) is 5.73 Å². The maximum absolute atomic E-state index is 11.9. The summed E-state index contributed by atoms with van der Waals surface area (Å²) in [5, 5.41) is 25.6. The van der Waals surface area contributed by atoms with Gasteiger partial charge in [0, 0.05) is 31.4 Å². The second kappa shape index (κ2) is 8.32. The Balaban J connectivity index is 1.56. The molecule has 0 aliphatic carbocycles. The zero-order valence-corrected chi connectivity index (χ0v) is 18.0. The van der Waals surface area contributed by atoms with Crippen LogP contribution < -0.4 is 21.8 Å². The lowest BCUT2D eigenvalue weighted by molar-refractivity contribution is 0.100. The molecule has 1 aliphatic heterocycles. The molecule has 3 aromatic heterocycles. The fourth-order valence-corrected chi connectivity index (χ4v) is 4.29. The van der Waals surface area contributed by atoms with E-state index in [0.29, 0.717) is 42.0 Å². The number of primary amides is 1. The summed E-state index contributed by atoms with van der Waals surface area (Å²) in [5.74, 6) is 0.787. The van der Waals surface area contributed by atoms with E-state index in [2.05, 4.69) is 10.6 Å². The fraction of sp³-hybridized carbons (Fsp3) is 0.174. The Hall–Kier alpha value is -3.73. The molecule has 5 rings (SSSR count). The number of nitrogens with zero attached hydrogens (tertiary/aromatic N) is 3. The third-order valence-electron chi connectivity index (χ3n) is 5.87. The van der Waals surface area contributed by atoms with Crippen LogP contribution in [0.4, 0.5) is 5.82 Å². The van der Waals surface area contributed by atoms with Crippen LogP contribution in [-0.4, -0.2) is 37.4 Å². The maximum atomic E-state index is 11.9. The third kappa shape index (κ3) is 3.84. The minimum absolute atomic E-state index is 0.435. The van der Waals surface area contributed by atoms with Gasteiger partial charge in [0.25, 0.3) is 5.91 Å². The number of aromatic nitrogens is 3. The summed E-state index contributed by atoms with van der Waals surface area (Å²) in [6.07, 6.45) is 1.87. The molecule has 0 spiro atoms. The van der Waals surface area contributed by atoms with Crippen LogP contribution in [0.25, 0.3) is 17.0 Å². The molecule has 0 fully saturated rings. The van der Waals surface area contributed by atoms with Gasteiger partial charge in [0.15, 0.2) is 5.82 Å². The number of carbonyl (C=O) groups is 1. The largest absolute Gasteiger partial charge is 0.488 e. The van der Waals surface area contributed by atoms with E-state index >= 15 is 0 Å². The van der Waals surface area contributed by atoms with Crippen molar-refractivity contribution < 1.29 is 14.8 Å². The quantitative estimate of drug-likeness (QED) is 0.277. The molecule has 33 heavy (non-hydrogen) atoms. The van der Waals surface area contributed by atoms with Crippen molar-refractivity contribution in [2.75, 3.05) is 5.32 Å². The summed E-state index contributed by atoms with van der Waals surface area (Å²) in [6.45, 7) is 3.72. The van der Waals surface area contributed by atoms with Crippen molar-refractivity contribution in [2.45, 2.75) is 26.6 Å². The highest BCUT2D eigenvalue weighted by atomic mass is 16.4. The minimum Gasteiger partial charge on any atom is -0.423 e. The van der Waals surface area contributed by atoms with Crippen molar-refractivity contribution in [1.29, 1.82) is 0 Å². The highest BCUT2D eigenvalue weighted by molar-refractivity contribution is 6.58. The first-order valence-electron chi connectivity index (χ1n) is 10.6. The molecule has 1 aromatic carbocycles. The molecule has 9 nitrogen and oxygen atoms in total. The molecule has 1 amide bonds. The highest BCUT2D eigenvalue weighted by Gasteiger charge is 2.23. The van der Waals surface area contributed by atoms with Gasteiger partial charge in [-0.25, -0.2) is 9.97 Å². The average molecular weight is 442 g/mol. The zero-order chi connectivity index (χ0) is 23.1. The average Bonchev–Trinajstić information content (AvgIpc) is 3.40. The monoisotopic (exact) mass is 442 g/mol. The summed E-state index contributed by atoms with van der Waals surface area (Å²) in [5.41, 5.74) is 11.7. The second-order valence-corrected chi connectivity index (χ2v) is 8.11. The molecular weight excluding hydrogens is 419 g/mol. The number of rotatable bonds is 6. The fourth-order valence-electron chi connectivity index (χ4n) is 4.29. The Labute approximate surface area is 190 Å². The van der Waals surface area contributed by atoms with E-state index in [9.17, 15) is 14.8 Å². The summed E-state index contributed by atoms with van der Waals surface area (Å²) >= 11 is 0. The number of anilines is 1. The second-order valence-electron chi connectivity index (χ2n) is 8.11. The molecule has 0 atom stereocenters. The Morgan fingerprint density at radius 1 is 1.21 bits per heavy atom. The van der Waals surface area contributed by atoms with Crippen molar-refractivity contribution in [3.05, 3.63) is 76.6 Å². The van der Waals surface area contributed by atoms with Crippen LogP contribution in [0.1, 0.15) is 32.7 Å². The number of nitrogens with one attached hydrogen (secondary N) is 2. The Morgan fingerprint density at radius 2 is 2.06 bits per heavy atom. The maximum Gasteiger partial charge on any atom is 0.488 e. The van der Waals surface area contributed by atoms with Crippen LogP contribution in [-0.2, 0) is 19.6 Å². The van der Waals surface area contributed by atoms with Crippen molar-refractivity contribution >= 4 is 29.8 Å². The smallest absolute Gasteiger partial charge is 0.423 e. The standard InChI is InChI=1S/C23H23BN6O3/c1-13-8-19-16(21(25)31)6-3-7-30(19)20(13)23-28-18-12-26-11-17(18)22(29-23)27-10-14-4-2-5-15(9-14)24(32)33/h2-9,26,32-33H,10-12H2,1H3,(H2,25,31)(H,27,28,29). The first-order valence-corrected chi connectivity index (χ1v) is 10.6. The molecule has 166 valence electrons. The summed E-state index contributed by atoms with van der Waals surface area (Å²) in [6, 6.07) is 12.5. The van der Waals surface area contributed by atoms with E-state index in [4.69, 9.17) is 15.7 Å². The molecule has 0 radical (unpaired) electrons. The van der Waals surface area contributed by atoms with Gasteiger partial charge in [0.1, 0.15) is 5.82 Å². The number of pyridine rings is 1. The van der Waals surface area contributed by atoms with Gasteiger partial charge in [-0.05, 0) is 41.7 Å². The number of hydrogen-bond donors (Lipinski definition) is 5. The third-order valence-corrected chi connectivity index (χ3v) is 5.87. The number of carbonyl (C=O) groups excluding carboxylic acids is 1. The number of benzene rings is 1. The number of aryl methyl sites for hydroxylation is 1. The summed E-state index contributed by atoms with van der Waals surface area (Å²) < 4.78 is 1.90. The Morgan fingerprint density at radius 3 is 2.85 bits per heavy atom. The molecule has 4 heterocycles. The molecule has 0 saturated heterocycles. The molecule has 6 N–H and O–H groups in total. The molecule has 4 aromatic rings. The van der Waals surface area contributed by atoms with E-state index in [1.807, 2.05) is 29.7 Å². The first-order chi connectivity index (χ1) is 15.9. The molecule has 0 bridgehead atoms. The van der Waals surface area contributed by atoms with Crippen molar-refractivity contribution in [1.82, 2.24) is 19.7 Å². The topological polar surface area (TPSA) is 138 Å². The van der Waals surface area contributed by atoms with Crippen LogP contribution in [0.15, 0.2) is 48.7 Å². The van der Waals surface area contributed by atoms with E-state index in [1.54, 1.807) is 30.3 Å². The Kier molecular flexibility index (Phi) is 5.33. The van der Waals surface area contributed by atoms with Gasteiger partial charge in [0.05, 0.1) is 22.5 Å². The molecule has 0 saturated carbocycles. The van der Waals surface area contributed by atoms with Crippen LogP contribution in [0.2, 0.25) is 0 Å². The summed E-state index contributed by atoms with van der Waals surface area (Å²) in [7, 11) is -1.51. The first kappa shape index (κ1) is 21.1. The predicted molar refractivity (Wildman–Crippen MR) is 126 cm³/mol. The molecule has 0 unspecified atom stereocenters. The van der Waals surface area contributed by atoms with Crippen LogP contribution in [0.5, 0.6) is 0 Å². The highest BCUT2D eigenvalue weighted by Crippen LogP contribution is 2.30. The van der Waals surface area contributed by atoms with Gasteiger partial charge in [-0.15, -0.1) is 0 Å². The van der Waals surface area contributed by atoms with Gasteiger partial charge in [-0.3, -0.25) is 4.79 Å². The lowest BCUT2D eigenvalue weighted by Crippen LogP contribution is -2.30. The lowest BCUT2D eigenvalue weighted by atomic mass is 9.79. The minimum atomic E-state index is -1.51. The van der Waals surface area contributed by atoms with Crippen LogP contribution >= 0.6 is 0 Å². The van der Waals surface area contributed by atoms with Gasteiger partial charge >= 0.3 is 7.12 Å². The number of nitrogens with two attached hydrogens (primary N) is 1. The van der Waals surface area contributed by atoms with Gasteiger partial charge in [-0.2, -0.15) is 0 Å². The van der Waals surface area contributed by atoms with Gasteiger partial charge in [-0.1, -0.05) is 24.3 Å². The zero-order valence-electron chi connectivity index (χ0n) is 18.0. The van der Waals surface area contributed by atoms with E-state index in [-0.39, 0.29) is 0 Å². The van der Waals surface area contributed by atoms with Crippen LogP contribution in [0.3, 0.4) is 0 Å². The SMILES string of the molecule is Cc1cc2c(C(N)=O)cccn2c1-c1nc2c(c(NCc3cccc(B(O)O)c3)n1)CNC2. The molecule has 10 heteroatoms. The Bertz CT molecular complexity index is 1380. The summed E-state index contributed by atoms with van der Waals surface area (Å²) in [4.78, 5) is 21.6.